The minimum absolute atomic E-state index is 0.0765. The lowest BCUT2D eigenvalue weighted by Crippen LogP contribution is -2.13. The molecule has 0 spiro atoms. The normalized spacial score (nSPS) is 10.7. The number of hydrogen-bond acceptors (Lipinski definition) is 6. The summed E-state index contributed by atoms with van der Waals surface area (Å²) in [6.07, 6.45) is 2.00. The fraction of sp³-hybridized carbons (Fsp3) is 0.118. The van der Waals surface area contributed by atoms with E-state index in [0.717, 1.165) is 20.6 Å². The van der Waals surface area contributed by atoms with E-state index in [2.05, 4.69) is 10.4 Å². The maximum absolute atomic E-state index is 12.2. The minimum atomic E-state index is -0.0765. The maximum atomic E-state index is 12.2. The molecule has 9 heteroatoms. The van der Waals surface area contributed by atoms with E-state index in [1.807, 2.05) is 42.7 Å². The monoisotopic (exact) mass is 439 g/mol. The maximum Gasteiger partial charge on any atom is 0.234 e. The van der Waals surface area contributed by atoms with Crippen LogP contribution in [-0.4, -0.2) is 27.7 Å². The zero-order valence-electron chi connectivity index (χ0n) is 13.6. The van der Waals surface area contributed by atoms with Crippen LogP contribution in [0.1, 0.15) is 0 Å². The first-order valence-corrected chi connectivity index (χ1v) is 11.3. The molecule has 3 aromatic rings. The lowest BCUT2D eigenvalue weighted by atomic mass is 10.3. The van der Waals surface area contributed by atoms with Crippen LogP contribution in [0.4, 0.5) is 5.69 Å². The summed E-state index contributed by atoms with van der Waals surface area (Å²) in [4.78, 5) is 13.3. The van der Waals surface area contributed by atoms with Gasteiger partial charge in [0.2, 0.25) is 5.91 Å². The summed E-state index contributed by atoms with van der Waals surface area (Å²) in [6, 6.07) is 15.1. The van der Waals surface area contributed by atoms with Gasteiger partial charge in [0.15, 0.2) is 8.29 Å². The van der Waals surface area contributed by atoms with Crippen molar-refractivity contribution in [2.45, 2.75) is 9.24 Å². The molecule has 0 fully saturated rings. The van der Waals surface area contributed by atoms with Gasteiger partial charge < -0.3 is 5.32 Å². The van der Waals surface area contributed by atoms with Crippen LogP contribution in [0.3, 0.4) is 0 Å². The Balaban J connectivity index is 1.63. The third kappa shape index (κ3) is 5.11. The highest BCUT2D eigenvalue weighted by Gasteiger charge is 2.10. The number of nitrogens with zero attached hydrogens (tertiary/aromatic N) is 2. The number of rotatable bonds is 6. The second-order valence-corrected chi connectivity index (χ2v) is 9.25. The van der Waals surface area contributed by atoms with Crippen molar-refractivity contribution in [2.75, 3.05) is 17.3 Å². The molecule has 0 aliphatic rings. The van der Waals surface area contributed by atoms with Crippen LogP contribution in [-0.2, 0) is 4.79 Å². The van der Waals surface area contributed by atoms with E-state index in [9.17, 15) is 4.79 Å². The van der Waals surface area contributed by atoms with E-state index < -0.39 is 0 Å². The average Bonchev–Trinajstić information content (AvgIpc) is 3.01. The number of benzene rings is 2. The molecule has 0 atom stereocenters. The van der Waals surface area contributed by atoms with Gasteiger partial charge in [-0.2, -0.15) is 0 Å². The number of halogens is 1. The van der Waals surface area contributed by atoms with Crippen molar-refractivity contribution in [1.82, 2.24) is 9.78 Å². The van der Waals surface area contributed by atoms with E-state index in [0.29, 0.717) is 8.98 Å². The molecule has 1 amide bonds. The molecule has 134 valence electrons. The Labute approximate surface area is 174 Å². The topological polar surface area (TPSA) is 46.9 Å². The largest absolute Gasteiger partial charge is 0.325 e. The van der Waals surface area contributed by atoms with E-state index in [4.69, 9.17) is 23.8 Å². The summed E-state index contributed by atoms with van der Waals surface area (Å²) in [7, 11) is 0. The standard InChI is InChI=1S/C17H14ClN3OS4/c1-24-14-4-2-3-12(9-14)19-15(22)10-25-16-20-21(17(23)26-16)13-7-5-11(18)6-8-13/h2-9H,10H2,1H3,(H,19,22). The van der Waals surface area contributed by atoms with E-state index in [-0.39, 0.29) is 11.7 Å². The van der Waals surface area contributed by atoms with Crippen molar-refractivity contribution in [1.29, 1.82) is 0 Å². The van der Waals surface area contributed by atoms with Crippen molar-refractivity contribution in [2.24, 2.45) is 0 Å². The summed E-state index contributed by atoms with van der Waals surface area (Å²) in [5, 5.41) is 8.05. The van der Waals surface area contributed by atoms with E-state index >= 15 is 0 Å². The third-order valence-electron chi connectivity index (χ3n) is 3.28. The van der Waals surface area contributed by atoms with Crippen LogP contribution in [0.15, 0.2) is 57.8 Å². The molecule has 1 heterocycles. The van der Waals surface area contributed by atoms with Gasteiger partial charge in [0.1, 0.15) is 0 Å². The summed E-state index contributed by atoms with van der Waals surface area (Å²) in [5.41, 5.74) is 1.64. The molecular formula is C17H14ClN3OS4. The first-order valence-electron chi connectivity index (χ1n) is 7.48. The van der Waals surface area contributed by atoms with Crippen LogP contribution >= 0.6 is 58.7 Å². The Bertz CT molecular complexity index is 969. The fourth-order valence-corrected chi connectivity index (χ4v) is 4.84. The average molecular weight is 440 g/mol. The minimum Gasteiger partial charge on any atom is -0.325 e. The van der Waals surface area contributed by atoms with Crippen molar-refractivity contribution in [3.05, 3.63) is 57.5 Å². The van der Waals surface area contributed by atoms with Gasteiger partial charge in [0.05, 0.1) is 11.4 Å². The van der Waals surface area contributed by atoms with Crippen LogP contribution in [0, 0.1) is 3.95 Å². The lowest BCUT2D eigenvalue weighted by Gasteiger charge is -2.05. The smallest absolute Gasteiger partial charge is 0.234 e. The van der Waals surface area contributed by atoms with Gasteiger partial charge in [-0.15, -0.1) is 16.9 Å². The number of carbonyl (C=O) groups is 1. The Morgan fingerprint density at radius 1 is 1.31 bits per heavy atom. The Morgan fingerprint density at radius 3 is 2.81 bits per heavy atom. The molecule has 1 N–H and O–H groups in total. The summed E-state index contributed by atoms with van der Waals surface area (Å²) < 4.78 is 3.05. The number of nitrogens with one attached hydrogen (secondary N) is 1. The molecule has 0 saturated heterocycles. The van der Waals surface area contributed by atoms with Gasteiger partial charge in [0, 0.05) is 15.6 Å². The molecule has 0 aliphatic carbocycles. The Morgan fingerprint density at radius 2 is 2.08 bits per heavy atom. The van der Waals surface area contributed by atoms with Gasteiger partial charge in [-0.1, -0.05) is 40.8 Å². The summed E-state index contributed by atoms with van der Waals surface area (Å²) >= 11 is 15.7. The molecule has 0 aliphatic heterocycles. The number of aromatic nitrogens is 2. The predicted molar refractivity (Wildman–Crippen MR) is 115 cm³/mol. The number of amides is 1. The SMILES string of the molecule is CSc1cccc(NC(=O)CSc2nn(-c3ccc(Cl)cc3)c(=S)s2)c1. The molecule has 0 unspecified atom stereocenters. The highest BCUT2D eigenvalue weighted by molar-refractivity contribution is 8.01. The second kappa shape index (κ2) is 9.05. The van der Waals surface area contributed by atoms with Gasteiger partial charge in [0.25, 0.3) is 0 Å². The molecule has 2 aromatic carbocycles. The number of carbonyl (C=O) groups excluding carboxylic acids is 1. The Hall–Kier alpha value is -1.32. The van der Waals surface area contributed by atoms with E-state index in [1.165, 1.54) is 23.1 Å². The van der Waals surface area contributed by atoms with Gasteiger partial charge in [-0.25, -0.2) is 4.68 Å². The highest BCUT2D eigenvalue weighted by atomic mass is 35.5. The van der Waals surface area contributed by atoms with Crippen molar-refractivity contribution < 1.29 is 4.79 Å². The number of thioether (sulfide) groups is 2. The van der Waals surface area contributed by atoms with Crippen molar-refractivity contribution in [3.63, 3.8) is 0 Å². The lowest BCUT2D eigenvalue weighted by molar-refractivity contribution is -0.113. The number of hydrogen-bond donors (Lipinski definition) is 1. The quantitative estimate of drug-likeness (QED) is 0.390. The molecule has 26 heavy (non-hydrogen) atoms. The first-order chi connectivity index (χ1) is 12.5. The molecule has 0 radical (unpaired) electrons. The molecule has 0 bridgehead atoms. The van der Waals surface area contributed by atoms with E-state index in [1.54, 1.807) is 28.6 Å². The highest BCUT2D eigenvalue weighted by Crippen LogP contribution is 2.25. The van der Waals surface area contributed by atoms with Gasteiger partial charge in [-0.3, -0.25) is 4.79 Å². The summed E-state index contributed by atoms with van der Waals surface area (Å²) in [6.45, 7) is 0. The van der Waals surface area contributed by atoms with Crippen LogP contribution in [0.25, 0.3) is 5.69 Å². The number of anilines is 1. The van der Waals surface area contributed by atoms with Crippen LogP contribution in [0.2, 0.25) is 5.02 Å². The van der Waals surface area contributed by atoms with Gasteiger partial charge in [-0.05, 0) is 60.9 Å². The van der Waals surface area contributed by atoms with Crippen LogP contribution in [0.5, 0.6) is 0 Å². The Kier molecular flexibility index (Phi) is 6.77. The van der Waals surface area contributed by atoms with Crippen molar-refractivity contribution >= 4 is 70.3 Å². The molecule has 3 rings (SSSR count). The fourth-order valence-electron chi connectivity index (χ4n) is 2.09. The zero-order chi connectivity index (χ0) is 18.5. The molecule has 4 nitrogen and oxygen atoms in total. The summed E-state index contributed by atoms with van der Waals surface area (Å²) in [5.74, 6) is 0.194. The van der Waals surface area contributed by atoms with Crippen molar-refractivity contribution in [3.8, 4) is 5.69 Å². The molecule has 0 saturated carbocycles. The first kappa shape index (κ1) is 19.4. The zero-order valence-corrected chi connectivity index (χ0v) is 17.7. The second-order valence-electron chi connectivity index (χ2n) is 5.09. The molecular weight excluding hydrogens is 426 g/mol. The van der Waals surface area contributed by atoms with Crippen LogP contribution < -0.4 is 5.32 Å². The third-order valence-corrected chi connectivity index (χ3v) is 6.62. The molecule has 1 aromatic heterocycles. The predicted octanol–water partition coefficient (Wildman–Crippen LogP) is 5.77. The van der Waals surface area contributed by atoms with Gasteiger partial charge >= 0.3 is 0 Å².